The number of carbonyl (C=O) groups is 2. The summed E-state index contributed by atoms with van der Waals surface area (Å²) in [6.07, 6.45) is 2.15. The standard InChI is InChI=1S/C21H27N3O6/c1-4-12(3)18(21(28)22-6-7-25)23-20(27)14-10-24(5-2)15-9-17-16(29-11-30-17)8-13(15)19(14)26/h8-10,12,18,25H,4-7,11H2,1-3H3,(H,22,28)(H,23,27)/t12-,18+/m1/s1. The molecule has 162 valence electrons. The van der Waals surface area contributed by atoms with Crippen molar-refractivity contribution in [1.29, 1.82) is 0 Å². The zero-order chi connectivity index (χ0) is 21.8. The molecule has 0 saturated carbocycles. The Bertz CT molecular complexity index is 1020. The molecule has 0 spiro atoms. The lowest BCUT2D eigenvalue weighted by Gasteiger charge is -2.23. The van der Waals surface area contributed by atoms with Crippen molar-refractivity contribution in [3.8, 4) is 11.5 Å². The molecule has 0 saturated heterocycles. The van der Waals surface area contributed by atoms with Gasteiger partial charge >= 0.3 is 0 Å². The topological polar surface area (TPSA) is 119 Å². The smallest absolute Gasteiger partial charge is 0.257 e. The molecular weight excluding hydrogens is 390 g/mol. The molecule has 0 unspecified atom stereocenters. The highest BCUT2D eigenvalue weighted by atomic mass is 16.7. The fraction of sp³-hybridized carbons (Fsp3) is 0.476. The van der Waals surface area contributed by atoms with Crippen LogP contribution in [0.1, 0.15) is 37.6 Å². The van der Waals surface area contributed by atoms with Gasteiger partial charge in [0.2, 0.25) is 18.1 Å². The first-order valence-electron chi connectivity index (χ1n) is 10.1. The molecule has 2 atom stereocenters. The summed E-state index contributed by atoms with van der Waals surface area (Å²) >= 11 is 0. The lowest BCUT2D eigenvalue weighted by Crippen LogP contribution is -2.51. The molecule has 2 amide bonds. The fourth-order valence-corrected chi connectivity index (χ4v) is 3.41. The fourth-order valence-electron chi connectivity index (χ4n) is 3.41. The number of amides is 2. The van der Waals surface area contributed by atoms with Crippen molar-refractivity contribution in [3.63, 3.8) is 0 Å². The number of aromatic nitrogens is 1. The van der Waals surface area contributed by atoms with E-state index in [1.165, 1.54) is 6.20 Å². The SMILES string of the molecule is CC[C@@H](C)[C@H](NC(=O)c1cn(CC)c2cc3c(cc2c1=O)OCO3)C(=O)NCCO. The van der Waals surface area contributed by atoms with Gasteiger partial charge in [0.1, 0.15) is 11.6 Å². The number of hydrogen-bond acceptors (Lipinski definition) is 6. The molecule has 30 heavy (non-hydrogen) atoms. The van der Waals surface area contributed by atoms with Gasteiger partial charge in [-0.1, -0.05) is 20.3 Å². The molecule has 9 nitrogen and oxygen atoms in total. The Hall–Kier alpha value is -3.07. The number of fused-ring (bicyclic) bond motifs is 2. The quantitative estimate of drug-likeness (QED) is 0.590. The van der Waals surface area contributed by atoms with Crippen molar-refractivity contribution in [1.82, 2.24) is 15.2 Å². The highest BCUT2D eigenvalue weighted by Gasteiger charge is 2.28. The van der Waals surface area contributed by atoms with E-state index in [4.69, 9.17) is 14.6 Å². The Morgan fingerprint density at radius 1 is 1.23 bits per heavy atom. The van der Waals surface area contributed by atoms with Gasteiger partial charge in [-0.25, -0.2) is 0 Å². The summed E-state index contributed by atoms with van der Waals surface area (Å²) in [6, 6.07) is 2.49. The number of carbonyl (C=O) groups excluding carboxylic acids is 2. The number of hydrogen-bond donors (Lipinski definition) is 3. The highest BCUT2D eigenvalue weighted by Crippen LogP contribution is 2.35. The second-order valence-electron chi connectivity index (χ2n) is 7.23. The zero-order valence-electron chi connectivity index (χ0n) is 17.4. The predicted molar refractivity (Wildman–Crippen MR) is 111 cm³/mol. The third kappa shape index (κ3) is 4.11. The first-order valence-corrected chi connectivity index (χ1v) is 10.1. The highest BCUT2D eigenvalue weighted by molar-refractivity contribution is 6.00. The summed E-state index contributed by atoms with van der Waals surface area (Å²) in [6.45, 7) is 6.16. The van der Waals surface area contributed by atoms with E-state index in [1.54, 1.807) is 16.7 Å². The van der Waals surface area contributed by atoms with Gasteiger partial charge in [0.25, 0.3) is 5.91 Å². The van der Waals surface area contributed by atoms with Crippen LogP contribution in [0.3, 0.4) is 0 Å². The van der Waals surface area contributed by atoms with Gasteiger partial charge < -0.3 is 29.8 Å². The molecule has 0 fully saturated rings. The maximum Gasteiger partial charge on any atom is 0.257 e. The van der Waals surface area contributed by atoms with Gasteiger partial charge in [0, 0.05) is 25.4 Å². The number of rotatable bonds is 8. The van der Waals surface area contributed by atoms with Crippen molar-refractivity contribution in [2.24, 2.45) is 5.92 Å². The first kappa shape index (κ1) is 21.6. The summed E-state index contributed by atoms with van der Waals surface area (Å²) in [5.41, 5.74) is 0.151. The molecule has 0 bridgehead atoms. The van der Waals surface area contributed by atoms with E-state index in [9.17, 15) is 14.4 Å². The zero-order valence-corrected chi connectivity index (χ0v) is 17.4. The maximum absolute atomic E-state index is 13.1. The summed E-state index contributed by atoms with van der Waals surface area (Å²) in [4.78, 5) is 38.6. The van der Waals surface area contributed by atoms with Crippen molar-refractivity contribution < 1.29 is 24.2 Å². The number of aliphatic hydroxyl groups excluding tert-OH is 1. The van der Waals surface area contributed by atoms with Gasteiger partial charge in [0.15, 0.2) is 11.5 Å². The number of aryl methyl sites for hydroxylation is 1. The first-order chi connectivity index (χ1) is 14.4. The lowest BCUT2D eigenvalue weighted by molar-refractivity contribution is -0.124. The van der Waals surface area contributed by atoms with Gasteiger partial charge in [0.05, 0.1) is 17.5 Å². The molecule has 0 aliphatic carbocycles. The van der Waals surface area contributed by atoms with Crippen LogP contribution in [0, 0.1) is 5.92 Å². The molecular formula is C21H27N3O6. The molecule has 2 aromatic rings. The minimum atomic E-state index is -0.823. The molecule has 2 heterocycles. The van der Waals surface area contributed by atoms with Crippen LogP contribution in [0.4, 0.5) is 0 Å². The van der Waals surface area contributed by atoms with E-state index in [1.807, 2.05) is 20.8 Å². The Labute approximate surface area is 174 Å². The van der Waals surface area contributed by atoms with Crippen LogP contribution in [0.25, 0.3) is 10.9 Å². The Balaban J connectivity index is 1.99. The van der Waals surface area contributed by atoms with Crippen LogP contribution in [-0.2, 0) is 11.3 Å². The van der Waals surface area contributed by atoms with Crippen LogP contribution in [0.2, 0.25) is 0 Å². The average Bonchev–Trinajstić information content (AvgIpc) is 3.21. The van der Waals surface area contributed by atoms with Crippen molar-refractivity contribution in [2.45, 2.75) is 39.8 Å². The van der Waals surface area contributed by atoms with Crippen LogP contribution >= 0.6 is 0 Å². The maximum atomic E-state index is 13.1. The third-order valence-electron chi connectivity index (χ3n) is 5.35. The Morgan fingerprint density at radius 2 is 1.93 bits per heavy atom. The second-order valence-corrected chi connectivity index (χ2v) is 7.23. The Kier molecular flexibility index (Phi) is 6.61. The molecule has 3 N–H and O–H groups in total. The minimum absolute atomic E-state index is 0.0496. The van der Waals surface area contributed by atoms with Crippen molar-refractivity contribution >= 4 is 22.7 Å². The van der Waals surface area contributed by atoms with Gasteiger partial charge in [-0.05, 0) is 18.9 Å². The molecule has 1 aliphatic rings. The molecule has 1 aromatic carbocycles. The van der Waals surface area contributed by atoms with E-state index in [0.29, 0.717) is 35.4 Å². The van der Waals surface area contributed by atoms with Gasteiger partial charge in [-0.3, -0.25) is 14.4 Å². The number of nitrogens with one attached hydrogen (secondary N) is 2. The number of ether oxygens (including phenoxy) is 2. The number of benzene rings is 1. The predicted octanol–water partition coefficient (Wildman–Crippen LogP) is 1.00. The van der Waals surface area contributed by atoms with Crippen LogP contribution in [-0.4, -0.2) is 47.5 Å². The van der Waals surface area contributed by atoms with Crippen LogP contribution in [0.15, 0.2) is 23.1 Å². The van der Waals surface area contributed by atoms with E-state index in [-0.39, 0.29) is 31.4 Å². The largest absolute Gasteiger partial charge is 0.454 e. The minimum Gasteiger partial charge on any atom is -0.454 e. The second kappa shape index (κ2) is 9.17. The van der Waals surface area contributed by atoms with Gasteiger partial charge in [-0.15, -0.1) is 0 Å². The monoisotopic (exact) mass is 417 g/mol. The van der Waals surface area contributed by atoms with Crippen molar-refractivity contribution in [2.75, 3.05) is 19.9 Å². The molecule has 3 rings (SSSR count). The summed E-state index contributed by atoms with van der Waals surface area (Å²) in [5.74, 6) is -0.160. The van der Waals surface area contributed by atoms with Crippen molar-refractivity contribution in [3.05, 3.63) is 34.1 Å². The van der Waals surface area contributed by atoms with E-state index in [2.05, 4.69) is 10.6 Å². The van der Waals surface area contributed by atoms with E-state index in [0.717, 1.165) is 0 Å². The molecule has 0 radical (unpaired) electrons. The number of aliphatic hydroxyl groups is 1. The molecule has 1 aliphatic heterocycles. The number of pyridine rings is 1. The molecule has 9 heteroatoms. The third-order valence-corrected chi connectivity index (χ3v) is 5.35. The lowest BCUT2D eigenvalue weighted by atomic mass is 9.97. The summed E-state index contributed by atoms with van der Waals surface area (Å²) in [7, 11) is 0. The van der Waals surface area contributed by atoms with Crippen LogP contribution < -0.4 is 25.5 Å². The normalized spacial score (nSPS) is 14.4. The number of nitrogens with zero attached hydrogens (tertiary/aromatic N) is 1. The molecule has 1 aromatic heterocycles. The van der Waals surface area contributed by atoms with E-state index < -0.39 is 23.3 Å². The summed E-state index contributed by atoms with van der Waals surface area (Å²) < 4.78 is 12.6. The average molecular weight is 417 g/mol. The summed E-state index contributed by atoms with van der Waals surface area (Å²) in [5, 5.41) is 14.6. The Morgan fingerprint density at radius 3 is 2.57 bits per heavy atom. The van der Waals surface area contributed by atoms with E-state index >= 15 is 0 Å². The van der Waals surface area contributed by atoms with Gasteiger partial charge in [-0.2, -0.15) is 0 Å². The van der Waals surface area contributed by atoms with Crippen LogP contribution in [0.5, 0.6) is 11.5 Å².